The number of carbonyl (C=O) groups excluding carboxylic acids is 1. The highest BCUT2D eigenvalue weighted by molar-refractivity contribution is 5.95. The Balaban J connectivity index is 1.30. The van der Waals surface area contributed by atoms with Gasteiger partial charge in [0.05, 0.1) is 38.2 Å². The smallest absolute Gasteiger partial charge is 0.416 e. The van der Waals surface area contributed by atoms with Crippen molar-refractivity contribution >= 4 is 17.2 Å². The van der Waals surface area contributed by atoms with Gasteiger partial charge in [-0.3, -0.25) is 14.7 Å². The zero-order valence-electron chi connectivity index (χ0n) is 23.6. The third-order valence-corrected chi connectivity index (χ3v) is 8.06. The van der Waals surface area contributed by atoms with Crippen molar-refractivity contribution in [2.75, 3.05) is 72.1 Å². The van der Waals surface area contributed by atoms with E-state index in [1.165, 1.54) is 6.08 Å². The number of carbonyl (C=O) groups is 1. The van der Waals surface area contributed by atoms with E-state index < -0.39 is 11.7 Å². The SMILES string of the molecule is COCCNc1cc(Cc2ccc(C(=O)N3CCC(N4CCOCC4)CC3)cc2OC)nc2c1C(C(F)(F)F)=CC2. The van der Waals surface area contributed by atoms with Gasteiger partial charge in [0, 0.05) is 86.8 Å². The number of morpholine rings is 1. The maximum Gasteiger partial charge on any atom is 0.416 e. The highest BCUT2D eigenvalue weighted by Gasteiger charge is 2.40. The van der Waals surface area contributed by atoms with Gasteiger partial charge in [-0.25, -0.2) is 0 Å². The number of amides is 1. The summed E-state index contributed by atoms with van der Waals surface area (Å²) < 4.78 is 57.3. The van der Waals surface area contributed by atoms with Crippen molar-refractivity contribution in [1.29, 1.82) is 0 Å². The average Bonchev–Trinajstić information content (AvgIpc) is 3.43. The number of allylic oxidation sites excluding steroid dienone is 2. The lowest BCUT2D eigenvalue weighted by Gasteiger charge is -2.40. The minimum atomic E-state index is -4.46. The molecule has 1 amide bonds. The number of piperidine rings is 1. The van der Waals surface area contributed by atoms with Crippen LogP contribution in [-0.4, -0.2) is 99.7 Å². The normalized spacial score (nSPS) is 18.3. The van der Waals surface area contributed by atoms with Gasteiger partial charge in [-0.15, -0.1) is 0 Å². The van der Waals surface area contributed by atoms with Crippen LogP contribution in [0, 0.1) is 0 Å². The fourth-order valence-electron chi connectivity index (χ4n) is 5.96. The zero-order valence-corrected chi connectivity index (χ0v) is 23.6. The van der Waals surface area contributed by atoms with Crippen LogP contribution in [0.5, 0.6) is 5.75 Å². The highest BCUT2D eigenvalue weighted by atomic mass is 19.4. The first-order valence-electron chi connectivity index (χ1n) is 14.1. The molecule has 222 valence electrons. The van der Waals surface area contributed by atoms with Gasteiger partial charge in [0.1, 0.15) is 5.75 Å². The van der Waals surface area contributed by atoms with Crippen LogP contribution in [0.2, 0.25) is 0 Å². The summed E-state index contributed by atoms with van der Waals surface area (Å²) in [7, 11) is 3.09. The van der Waals surface area contributed by atoms with Gasteiger partial charge in [0.25, 0.3) is 5.91 Å². The molecule has 1 N–H and O–H groups in total. The lowest BCUT2D eigenvalue weighted by Crippen LogP contribution is -2.50. The third-order valence-electron chi connectivity index (χ3n) is 8.06. The molecule has 11 heteroatoms. The van der Waals surface area contributed by atoms with E-state index in [0.29, 0.717) is 67.1 Å². The van der Waals surface area contributed by atoms with Crippen LogP contribution < -0.4 is 10.1 Å². The first kappa shape index (κ1) is 29.3. The van der Waals surface area contributed by atoms with Gasteiger partial charge in [-0.2, -0.15) is 13.2 Å². The number of fused-ring (bicyclic) bond motifs is 1. The Morgan fingerprint density at radius 3 is 2.56 bits per heavy atom. The fraction of sp³-hybridized carbons (Fsp3) is 0.533. The van der Waals surface area contributed by atoms with Crippen LogP contribution in [0.15, 0.2) is 30.3 Å². The molecule has 0 spiro atoms. The van der Waals surface area contributed by atoms with Crippen LogP contribution in [0.25, 0.3) is 5.57 Å². The second-order valence-corrected chi connectivity index (χ2v) is 10.6. The molecule has 2 fully saturated rings. The maximum atomic E-state index is 13.7. The molecule has 41 heavy (non-hydrogen) atoms. The molecule has 8 nitrogen and oxygen atoms in total. The molecule has 1 aromatic heterocycles. The minimum Gasteiger partial charge on any atom is -0.496 e. The molecule has 5 rings (SSSR count). The van der Waals surface area contributed by atoms with E-state index in [2.05, 4.69) is 15.2 Å². The van der Waals surface area contributed by atoms with Crippen molar-refractivity contribution in [3.05, 3.63) is 58.4 Å². The second kappa shape index (κ2) is 12.8. The van der Waals surface area contributed by atoms with Crippen LogP contribution >= 0.6 is 0 Å². The van der Waals surface area contributed by atoms with Crippen molar-refractivity contribution in [2.45, 2.75) is 37.9 Å². The average molecular weight is 575 g/mol. The van der Waals surface area contributed by atoms with E-state index >= 15 is 0 Å². The van der Waals surface area contributed by atoms with Crippen molar-refractivity contribution in [1.82, 2.24) is 14.8 Å². The third kappa shape index (κ3) is 6.68. The number of ether oxygens (including phenoxy) is 3. The molecular formula is C30H37F3N4O4. The molecule has 0 atom stereocenters. The lowest BCUT2D eigenvalue weighted by molar-refractivity contribution is -0.0687. The molecule has 1 aliphatic carbocycles. The summed E-state index contributed by atoms with van der Waals surface area (Å²) in [6.45, 7) is 5.55. The number of hydrogen-bond donors (Lipinski definition) is 1. The Bertz CT molecular complexity index is 1270. The van der Waals surface area contributed by atoms with Crippen LogP contribution in [-0.2, 0) is 22.3 Å². The number of nitrogens with one attached hydrogen (secondary N) is 1. The Morgan fingerprint density at radius 1 is 1.12 bits per heavy atom. The molecule has 2 aromatic rings. The summed E-state index contributed by atoms with van der Waals surface area (Å²) in [4.78, 5) is 22.3. The first-order valence-corrected chi connectivity index (χ1v) is 14.1. The predicted octanol–water partition coefficient (Wildman–Crippen LogP) is 4.18. The fourth-order valence-corrected chi connectivity index (χ4v) is 5.96. The lowest BCUT2D eigenvalue weighted by atomic mass is 10.00. The highest BCUT2D eigenvalue weighted by Crippen LogP contribution is 2.43. The number of nitrogens with zero attached hydrogens (tertiary/aromatic N) is 3. The number of pyridine rings is 1. The first-order chi connectivity index (χ1) is 19.8. The maximum absolute atomic E-state index is 13.7. The molecule has 0 bridgehead atoms. The van der Waals surface area contributed by atoms with Gasteiger partial charge < -0.3 is 24.4 Å². The van der Waals surface area contributed by atoms with Crippen LogP contribution in [0.1, 0.15) is 45.7 Å². The summed E-state index contributed by atoms with van der Waals surface area (Å²) in [5.41, 5.74) is 2.17. The Hall–Kier alpha value is -3.15. The largest absolute Gasteiger partial charge is 0.496 e. The number of anilines is 1. The van der Waals surface area contributed by atoms with Crippen molar-refractivity contribution in [3.63, 3.8) is 0 Å². The van der Waals surface area contributed by atoms with E-state index in [0.717, 1.165) is 44.7 Å². The van der Waals surface area contributed by atoms with Crippen LogP contribution in [0.3, 0.4) is 0 Å². The number of benzene rings is 1. The Morgan fingerprint density at radius 2 is 1.88 bits per heavy atom. The van der Waals surface area contributed by atoms with E-state index in [1.54, 1.807) is 32.4 Å². The summed E-state index contributed by atoms with van der Waals surface area (Å²) in [6, 6.07) is 7.54. The minimum absolute atomic E-state index is 0.0266. The molecule has 1 aromatic carbocycles. The zero-order chi connectivity index (χ0) is 29.0. The molecule has 3 aliphatic rings. The molecule has 0 radical (unpaired) electrons. The van der Waals surface area contributed by atoms with Gasteiger partial charge in [0.15, 0.2) is 0 Å². The number of methoxy groups -OCH3 is 2. The van der Waals surface area contributed by atoms with Crippen LogP contribution in [0.4, 0.5) is 18.9 Å². The van der Waals surface area contributed by atoms with Gasteiger partial charge in [-0.05, 0) is 31.0 Å². The number of halogens is 3. The number of rotatable bonds is 9. The van der Waals surface area contributed by atoms with E-state index in [9.17, 15) is 18.0 Å². The van der Waals surface area contributed by atoms with E-state index in [4.69, 9.17) is 14.2 Å². The van der Waals surface area contributed by atoms with Crippen molar-refractivity contribution in [3.8, 4) is 5.75 Å². The molecule has 0 saturated carbocycles. The van der Waals surface area contributed by atoms with E-state index in [1.807, 2.05) is 11.0 Å². The standard InChI is InChI=1S/C30H37F3N4O4/c1-39-14-9-34-26-19-22(35-25-6-5-24(28(25)26)30(31,32)33)17-20-3-4-21(18-27(20)40-2)29(38)37-10-7-23(8-11-37)36-12-15-41-16-13-36/h3-5,18-19,23H,6-17H2,1-2H3,(H,34,35). The topological polar surface area (TPSA) is 76.2 Å². The van der Waals surface area contributed by atoms with E-state index in [-0.39, 0.29) is 17.9 Å². The Kier molecular flexibility index (Phi) is 9.16. The monoisotopic (exact) mass is 574 g/mol. The van der Waals surface area contributed by atoms with Crippen molar-refractivity contribution in [2.24, 2.45) is 0 Å². The summed E-state index contributed by atoms with van der Waals surface area (Å²) in [5.74, 6) is 0.519. The Labute approximate surface area is 238 Å². The number of hydrogen-bond acceptors (Lipinski definition) is 7. The molecular weight excluding hydrogens is 537 g/mol. The molecule has 2 saturated heterocycles. The quantitative estimate of drug-likeness (QED) is 0.451. The predicted molar refractivity (Wildman–Crippen MR) is 149 cm³/mol. The number of aromatic nitrogens is 1. The van der Waals surface area contributed by atoms with Crippen molar-refractivity contribution < 1.29 is 32.2 Å². The van der Waals surface area contributed by atoms with Gasteiger partial charge in [0.2, 0.25) is 0 Å². The number of likely N-dealkylation sites (tertiary alicyclic amines) is 1. The summed E-state index contributed by atoms with van der Waals surface area (Å²) in [5, 5.41) is 3.09. The molecule has 2 aliphatic heterocycles. The number of alkyl halides is 3. The van der Waals surface area contributed by atoms with Gasteiger partial charge >= 0.3 is 6.18 Å². The molecule has 0 unspecified atom stereocenters. The second-order valence-electron chi connectivity index (χ2n) is 10.6. The van der Waals surface area contributed by atoms with Gasteiger partial charge in [-0.1, -0.05) is 12.1 Å². The summed E-state index contributed by atoms with van der Waals surface area (Å²) in [6.07, 6.45) is -0.934. The summed E-state index contributed by atoms with van der Waals surface area (Å²) >= 11 is 0. The molecule has 3 heterocycles.